The molecule has 1 amide bonds. The van der Waals surface area contributed by atoms with Gasteiger partial charge in [-0.3, -0.25) is 4.79 Å². The van der Waals surface area contributed by atoms with Gasteiger partial charge in [0.05, 0.1) is 25.6 Å². The second-order valence-corrected chi connectivity index (χ2v) is 7.56. The van der Waals surface area contributed by atoms with Gasteiger partial charge >= 0.3 is 0 Å². The summed E-state index contributed by atoms with van der Waals surface area (Å²) in [5.41, 5.74) is 4.36. The molecule has 1 N–H and O–H groups in total. The molecule has 0 atom stereocenters. The van der Waals surface area contributed by atoms with Crippen molar-refractivity contribution in [2.24, 2.45) is 0 Å². The van der Waals surface area contributed by atoms with E-state index in [1.54, 1.807) is 25.0 Å². The maximum Gasteiger partial charge on any atom is 0.258 e. The number of hydrogen-bond donors (Lipinski definition) is 1. The molecule has 0 unspecified atom stereocenters. The van der Waals surface area contributed by atoms with Crippen LogP contribution < -0.4 is 19.5 Å². The fourth-order valence-electron chi connectivity index (χ4n) is 3.68. The van der Waals surface area contributed by atoms with Gasteiger partial charge in [-0.25, -0.2) is 4.68 Å². The maximum absolute atomic E-state index is 12.4. The van der Waals surface area contributed by atoms with Crippen LogP contribution in [0.1, 0.15) is 16.8 Å². The van der Waals surface area contributed by atoms with Gasteiger partial charge in [0.15, 0.2) is 23.8 Å². The van der Waals surface area contributed by atoms with Gasteiger partial charge in [0.2, 0.25) is 5.88 Å². The standard InChI is InChI=1S/C25H26N4O4/c1-16-12-23(27-25-24(16)17(2)28-29(25)19-8-6-5-7-9-19)33-15-22(30)26-14-18-10-11-20(31-3)21(13-18)32-4/h5-13H,14-15H2,1-4H3,(H,26,30). The molecule has 0 aliphatic rings. The van der Waals surface area contributed by atoms with Crippen LogP contribution in [0.15, 0.2) is 54.6 Å². The predicted molar refractivity (Wildman–Crippen MR) is 125 cm³/mol. The molecule has 0 bridgehead atoms. The summed E-state index contributed by atoms with van der Waals surface area (Å²) in [6, 6.07) is 17.1. The second kappa shape index (κ2) is 9.60. The van der Waals surface area contributed by atoms with Gasteiger partial charge in [-0.05, 0) is 49.2 Å². The molecule has 4 rings (SSSR count). The number of nitrogens with zero attached hydrogens (tertiary/aromatic N) is 3. The summed E-state index contributed by atoms with van der Waals surface area (Å²) >= 11 is 0. The summed E-state index contributed by atoms with van der Waals surface area (Å²) in [5.74, 6) is 1.37. The number of rotatable bonds is 8. The number of carbonyl (C=O) groups is 1. The molecule has 2 heterocycles. The van der Waals surface area contributed by atoms with Crippen LogP contribution >= 0.6 is 0 Å². The third-order valence-electron chi connectivity index (χ3n) is 5.28. The Kier molecular flexibility index (Phi) is 6.44. The van der Waals surface area contributed by atoms with E-state index >= 15 is 0 Å². The summed E-state index contributed by atoms with van der Waals surface area (Å²) in [6.07, 6.45) is 0. The Balaban J connectivity index is 1.45. The first-order chi connectivity index (χ1) is 16.0. The molecule has 0 radical (unpaired) electrons. The minimum Gasteiger partial charge on any atom is -0.493 e. The molecule has 0 fully saturated rings. The number of hydrogen-bond acceptors (Lipinski definition) is 6. The zero-order valence-electron chi connectivity index (χ0n) is 19.1. The highest BCUT2D eigenvalue weighted by Crippen LogP contribution is 2.28. The van der Waals surface area contributed by atoms with E-state index in [0.29, 0.717) is 29.6 Å². The molecule has 0 aliphatic carbocycles. The van der Waals surface area contributed by atoms with Crippen molar-refractivity contribution in [1.29, 1.82) is 0 Å². The topological polar surface area (TPSA) is 87.5 Å². The number of para-hydroxylation sites is 1. The average molecular weight is 447 g/mol. The van der Waals surface area contributed by atoms with Crippen molar-refractivity contribution in [2.75, 3.05) is 20.8 Å². The number of pyridine rings is 1. The molecule has 0 saturated heterocycles. The first kappa shape index (κ1) is 22.1. The number of fused-ring (bicyclic) bond motifs is 1. The lowest BCUT2D eigenvalue weighted by molar-refractivity contribution is -0.123. The lowest BCUT2D eigenvalue weighted by Gasteiger charge is -2.11. The monoisotopic (exact) mass is 446 g/mol. The van der Waals surface area contributed by atoms with Gasteiger partial charge in [0, 0.05) is 18.0 Å². The zero-order chi connectivity index (χ0) is 23.4. The van der Waals surface area contributed by atoms with Crippen molar-refractivity contribution in [3.05, 3.63) is 71.4 Å². The quantitative estimate of drug-likeness (QED) is 0.444. The first-order valence-electron chi connectivity index (χ1n) is 10.5. The Morgan fingerprint density at radius 2 is 1.76 bits per heavy atom. The lowest BCUT2D eigenvalue weighted by Crippen LogP contribution is -2.28. The van der Waals surface area contributed by atoms with Crippen LogP contribution in [0.3, 0.4) is 0 Å². The number of ether oxygens (including phenoxy) is 3. The van der Waals surface area contributed by atoms with E-state index in [-0.39, 0.29) is 12.5 Å². The van der Waals surface area contributed by atoms with Gasteiger partial charge in [0.1, 0.15) is 0 Å². The summed E-state index contributed by atoms with van der Waals surface area (Å²) in [5, 5.41) is 8.47. The number of methoxy groups -OCH3 is 2. The molecule has 0 aliphatic heterocycles. The van der Waals surface area contributed by atoms with E-state index in [2.05, 4.69) is 15.4 Å². The van der Waals surface area contributed by atoms with E-state index in [1.807, 2.05) is 62.4 Å². The van der Waals surface area contributed by atoms with Gasteiger partial charge in [-0.2, -0.15) is 10.1 Å². The highest BCUT2D eigenvalue weighted by atomic mass is 16.5. The second-order valence-electron chi connectivity index (χ2n) is 7.56. The number of aryl methyl sites for hydroxylation is 2. The molecule has 8 nitrogen and oxygen atoms in total. The van der Waals surface area contributed by atoms with Gasteiger partial charge in [-0.1, -0.05) is 24.3 Å². The van der Waals surface area contributed by atoms with Crippen LogP contribution in [0.5, 0.6) is 17.4 Å². The predicted octanol–water partition coefficient (Wildman–Crippen LogP) is 3.75. The number of carbonyl (C=O) groups excluding carboxylic acids is 1. The molecule has 8 heteroatoms. The first-order valence-corrected chi connectivity index (χ1v) is 10.5. The van der Waals surface area contributed by atoms with Crippen molar-refractivity contribution in [2.45, 2.75) is 20.4 Å². The number of benzene rings is 2. The van der Waals surface area contributed by atoms with Crippen molar-refractivity contribution >= 4 is 16.9 Å². The maximum atomic E-state index is 12.4. The molecular weight excluding hydrogens is 420 g/mol. The highest BCUT2D eigenvalue weighted by Gasteiger charge is 2.15. The van der Waals surface area contributed by atoms with Crippen molar-refractivity contribution in [3.63, 3.8) is 0 Å². The summed E-state index contributed by atoms with van der Waals surface area (Å²) in [7, 11) is 3.16. The van der Waals surface area contributed by atoms with Crippen molar-refractivity contribution in [1.82, 2.24) is 20.1 Å². The van der Waals surface area contributed by atoms with Gasteiger partial charge in [-0.15, -0.1) is 0 Å². The molecule has 2 aromatic carbocycles. The van der Waals surface area contributed by atoms with Crippen molar-refractivity contribution < 1.29 is 19.0 Å². The van der Waals surface area contributed by atoms with Gasteiger partial charge in [0.25, 0.3) is 5.91 Å². The smallest absolute Gasteiger partial charge is 0.258 e. The van der Waals surface area contributed by atoms with E-state index in [4.69, 9.17) is 14.2 Å². The average Bonchev–Trinajstić information content (AvgIpc) is 3.18. The fourth-order valence-corrected chi connectivity index (χ4v) is 3.68. The third kappa shape index (κ3) is 4.74. The molecule has 2 aromatic heterocycles. The summed E-state index contributed by atoms with van der Waals surface area (Å²) in [4.78, 5) is 17.0. The molecular formula is C25H26N4O4. The van der Waals surface area contributed by atoms with E-state index in [1.165, 1.54) is 0 Å². The van der Waals surface area contributed by atoms with Gasteiger partial charge < -0.3 is 19.5 Å². The van der Waals surface area contributed by atoms with Crippen LogP contribution in [0.4, 0.5) is 0 Å². The van der Waals surface area contributed by atoms with Crippen LogP contribution in [0, 0.1) is 13.8 Å². The Morgan fingerprint density at radius 1 is 1.00 bits per heavy atom. The molecule has 0 saturated carbocycles. The molecule has 0 spiro atoms. The SMILES string of the molecule is COc1ccc(CNC(=O)COc2cc(C)c3c(C)nn(-c4ccccc4)c3n2)cc1OC. The Bertz CT molecular complexity index is 1280. The Morgan fingerprint density at radius 3 is 2.48 bits per heavy atom. The van der Waals surface area contributed by atoms with Crippen molar-refractivity contribution in [3.8, 4) is 23.1 Å². The summed E-state index contributed by atoms with van der Waals surface area (Å²) in [6.45, 7) is 4.13. The van der Waals surface area contributed by atoms with Crippen LogP contribution in [-0.2, 0) is 11.3 Å². The fraction of sp³-hybridized carbons (Fsp3) is 0.240. The molecule has 4 aromatic rings. The van der Waals surface area contributed by atoms with Crippen LogP contribution in [0.2, 0.25) is 0 Å². The molecule has 170 valence electrons. The number of nitrogens with one attached hydrogen (secondary N) is 1. The van der Waals surface area contributed by atoms with E-state index in [9.17, 15) is 4.79 Å². The Hall–Kier alpha value is -4.07. The van der Waals surface area contributed by atoms with E-state index < -0.39 is 0 Å². The minimum atomic E-state index is -0.253. The lowest BCUT2D eigenvalue weighted by atomic mass is 10.2. The normalized spacial score (nSPS) is 10.8. The van der Waals surface area contributed by atoms with E-state index in [0.717, 1.165) is 27.9 Å². The largest absolute Gasteiger partial charge is 0.493 e. The Labute approximate surface area is 192 Å². The zero-order valence-corrected chi connectivity index (χ0v) is 19.1. The highest BCUT2D eigenvalue weighted by molar-refractivity contribution is 5.84. The summed E-state index contributed by atoms with van der Waals surface area (Å²) < 4.78 is 18.0. The third-order valence-corrected chi connectivity index (χ3v) is 5.28. The molecule has 33 heavy (non-hydrogen) atoms. The van der Waals surface area contributed by atoms with Crippen LogP contribution in [-0.4, -0.2) is 41.5 Å². The number of aromatic nitrogens is 3. The number of amides is 1. The van der Waals surface area contributed by atoms with Crippen LogP contribution in [0.25, 0.3) is 16.7 Å². The minimum absolute atomic E-state index is 0.149.